The van der Waals surface area contributed by atoms with E-state index in [9.17, 15) is 22.8 Å². The third-order valence-corrected chi connectivity index (χ3v) is 5.46. The first-order valence-corrected chi connectivity index (χ1v) is 9.85. The van der Waals surface area contributed by atoms with E-state index in [1.807, 2.05) is 36.4 Å². The van der Waals surface area contributed by atoms with Crippen LogP contribution in [0.25, 0.3) is 0 Å². The Morgan fingerprint density at radius 2 is 1.39 bits per heavy atom. The molecule has 1 aliphatic heterocycles. The molecule has 0 aliphatic carbocycles. The lowest BCUT2D eigenvalue weighted by Crippen LogP contribution is -2.32. The van der Waals surface area contributed by atoms with Gasteiger partial charge < -0.3 is 9.47 Å². The van der Waals surface area contributed by atoms with Gasteiger partial charge in [-0.1, -0.05) is 36.0 Å². The van der Waals surface area contributed by atoms with Crippen LogP contribution in [-0.4, -0.2) is 24.8 Å². The fraction of sp³-hybridized carbons (Fsp3) is 0.0909. The first kappa shape index (κ1) is 20.8. The van der Waals surface area contributed by atoms with E-state index in [1.165, 1.54) is 16.7 Å². The summed E-state index contributed by atoms with van der Waals surface area (Å²) in [6.45, 7) is -0.535. The average Bonchev–Trinajstić information content (AvgIpc) is 2.75. The van der Waals surface area contributed by atoms with Gasteiger partial charge >= 0.3 is 12.3 Å². The molecule has 0 bridgehead atoms. The van der Waals surface area contributed by atoms with E-state index >= 15 is 0 Å². The van der Waals surface area contributed by atoms with Crippen LogP contribution in [0.5, 0.6) is 5.75 Å². The Balaban J connectivity index is 1.48. The number of benzene rings is 3. The molecule has 0 saturated heterocycles. The molecule has 31 heavy (non-hydrogen) atoms. The number of carbonyl (C=O) groups excluding carboxylic acids is 2. The summed E-state index contributed by atoms with van der Waals surface area (Å²) in [6, 6.07) is 19.0. The van der Waals surface area contributed by atoms with Crippen LogP contribution in [0.3, 0.4) is 0 Å². The summed E-state index contributed by atoms with van der Waals surface area (Å²) in [5, 5.41) is 0. The fourth-order valence-electron chi connectivity index (χ4n) is 3.04. The van der Waals surface area contributed by atoms with E-state index < -0.39 is 30.6 Å². The number of carbonyl (C=O) groups is 2. The molecule has 4 rings (SSSR count). The van der Waals surface area contributed by atoms with E-state index in [2.05, 4.69) is 4.74 Å². The smallest absolute Gasteiger partial charge is 0.452 e. The lowest BCUT2D eigenvalue weighted by atomic mass is 10.2. The van der Waals surface area contributed by atoms with Gasteiger partial charge in [0.15, 0.2) is 6.61 Å². The molecule has 1 heterocycles. The number of hydrogen-bond acceptors (Lipinski definition) is 5. The summed E-state index contributed by atoms with van der Waals surface area (Å²) in [5.41, 5.74) is 1.36. The zero-order valence-corrected chi connectivity index (χ0v) is 16.6. The Morgan fingerprint density at radius 1 is 0.839 bits per heavy atom. The van der Waals surface area contributed by atoms with Crippen molar-refractivity contribution in [2.45, 2.75) is 16.2 Å². The second kappa shape index (κ2) is 8.35. The maximum absolute atomic E-state index is 13.0. The number of esters is 1. The molecule has 1 amide bonds. The molecule has 1 aliphatic rings. The molecule has 0 spiro atoms. The molecule has 0 atom stereocenters. The van der Waals surface area contributed by atoms with Crippen LogP contribution in [0.1, 0.15) is 10.4 Å². The van der Waals surface area contributed by atoms with Gasteiger partial charge in [0, 0.05) is 9.79 Å². The monoisotopic (exact) mass is 445 g/mol. The third-order valence-electron chi connectivity index (χ3n) is 4.33. The van der Waals surface area contributed by atoms with E-state index in [0.29, 0.717) is 11.4 Å². The largest absolute Gasteiger partial charge is 0.573 e. The van der Waals surface area contributed by atoms with Crippen molar-refractivity contribution in [1.29, 1.82) is 0 Å². The van der Waals surface area contributed by atoms with Crippen molar-refractivity contribution in [1.82, 2.24) is 0 Å². The standard InChI is InChI=1S/C22H14F3NO4S/c23-22(24,25)30-15-11-9-14(10-12-15)21(28)29-13-20(27)26-16-5-1-3-7-18(16)31-19-8-4-2-6-17(19)26/h1-12H,13H2. The van der Waals surface area contributed by atoms with Gasteiger partial charge in [-0.15, -0.1) is 13.2 Å². The highest BCUT2D eigenvalue weighted by Gasteiger charge is 2.31. The number of anilines is 2. The number of para-hydroxylation sites is 2. The molecule has 9 heteroatoms. The van der Waals surface area contributed by atoms with Gasteiger partial charge in [-0.2, -0.15) is 0 Å². The van der Waals surface area contributed by atoms with E-state index in [0.717, 1.165) is 34.1 Å². The van der Waals surface area contributed by atoms with E-state index in [-0.39, 0.29) is 5.56 Å². The van der Waals surface area contributed by atoms with Crippen LogP contribution in [0, 0.1) is 0 Å². The van der Waals surface area contributed by atoms with Crippen LogP contribution >= 0.6 is 11.8 Å². The van der Waals surface area contributed by atoms with Crippen molar-refractivity contribution >= 4 is 35.0 Å². The summed E-state index contributed by atoms with van der Waals surface area (Å²) in [4.78, 5) is 28.5. The van der Waals surface area contributed by atoms with E-state index in [1.54, 1.807) is 12.1 Å². The summed E-state index contributed by atoms with van der Waals surface area (Å²) < 4.78 is 45.6. The van der Waals surface area contributed by atoms with Crippen LogP contribution < -0.4 is 9.64 Å². The number of fused-ring (bicyclic) bond motifs is 2. The fourth-order valence-corrected chi connectivity index (χ4v) is 4.10. The lowest BCUT2D eigenvalue weighted by Gasteiger charge is -2.30. The molecule has 0 aromatic heterocycles. The van der Waals surface area contributed by atoms with Gasteiger partial charge in [-0.3, -0.25) is 9.69 Å². The number of alkyl halides is 3. The summed E-state index contributed by atoms with van der Waals surface area (Å²) in [7, 11) is 0. The highest BCUT2D eigenvalue weighted by Crippen LogP contribution is 2.47. The Morgan fingerprint density at radius 3 is 1.94 bits per heavy atom. The predicted octanol–water partition coefficient (Wildman–Crippen LogP) is 5.57. The zero-order chi connectivity index (χ0) is 22.0. The average molecular weight is 445 g/mol. The molecule has 0 unspecified atom stereocenters. The molecule has 0 saturated carbocycles. The van der Waals surface area contributed by atoms with Crippen molar-refractivity contribution in [2.75, 3.05) is 11.5 Å². The molecule has 0 radical (unpaired) electrons. The number of ether oxygens (including phenoxy) is 2. The number of hydrogen-bond donors (Lipinski definition) is 0. The van der Waals surface area contributed by atoms with Gasteiger partial charge in [0.25, 0.3) is 5.91 Å². The molecule has 0 fully saturated rings. The zero-order valence-electron chi connectivity index (χ0n) is 15.8. The van der Waals surface area contributed by atoms with Crippen molar-refractivity contribution in [2.24, 2.45) is 0 Å². The quantitative estimate of drug-likeness (QED) is 0.492. The number of rotatable bonds is 4. The minimum absolute atomic E-state index is 0.00248. The maximum Gasteiger partial charge on any atom is 0.573 e. The van der Waals surface area contributed by atoms with Crippen molar-refractivity contribution < 1.29 is 32.2 Å². The molecule has 3 aromatic rings. The predicted molar refractivity (Wildman–Crippen MR) is 108 cm³/mol. The first-order chi connectivity index (χ1) is 14.8. The highest BCUT2D eigenvalue weighted by atomic mass is 32.2. The molecule has 5 nitrogen and oxygen atoms in total. The second-order valence-corrected chi connectivity index (χ2v) is 7.50. The summed E-state index contributed by atoms with van der Waals surface area (Å²) in [5.74, 6) is -1.75. The van der Waals surface area contributed by atoms with Gasteiger partial charge in [0.05, 0.1) is 16.9 Å². The Bertz CT molecular complexity index is 1090. The van der Waals surface area contributed by atoms with E-state index in [4.69, 9.17) is 4.74 Å². The minimum Gasteiger partial charge on any atom is -0.452 e. The first-order valence-electron chi connectivity index (χ1n) is 9.03. The maximum atomic E-state index is 13.0. The van der Waals surface area contributed by atoms with Crippen molar-refractivity contribution in [3.8, 4) is 5.75 Å². The van der Waals surface area contributed by atoms with Gasteiger partial charge in [0.1, 0.15) is 5.75 Å². The number of nitrogens with zero attached hydrogens (tertiary/aromatic N) is 1. The van der Waals surface area contributed by atoms with Crippen LogP contribution in [-0.2, 0) is 9.53 Å². The topological polar surface area (TPSA) is 55.8 Å². The lowest BCUT2D eigenvalue weighted by molar-refractivity contribution is -0.274. The molecule has 158 valence electrons. The van der Waals surface area contributed by atoms with Crippen LogP contribution in [0.4, 0.5) is 24.5 Å². The second-order valence-electron chi connectivity index (χ2n) is 6.41. The third kappa shape index (κ3) is 4.66. The van der Waals surface area contributed by atoms with Gasteiger partial charge in [-0.25, -0.2) is 4.79 Å². The summed E-state index contributed by atoms with van der Waals surface area (Å²) >= 11 is 1.54. The number of halogens is 3. The normalized spacial score (nSPS) is 12.5. The Labute approximate surface area is 179 Å². The molecule has 3 aromatic carbocycles. The molecule has 0 N–H and O–H groups in total. The summed E-state index contributed by atoms with van der Waals surface area (Å²) in [6.07, 6.45) is -4.83. The van der Waals surface area contributed by atoms with Gasteiger partial charge in [-0.05, 0) is 48.5 Å². The van der Waals surface area contributed by atoms with Crippen molar-refractivity contribution in [3.63, 3.8) is 0 Å². The van der Waals surface area contributed by atoms with Gasteiger partial charge in [0.2, 0.25) is 0 Å². The SMILES string of the molecule is O=C(OCC(=O)N1c2ccccc2Sc2ccccc21)c1ccc(OC(F)(F)F)cc1. The molecular weight excluding hydrogens is 431 g/mol. The number of amides is 1. The Kier molecular flexibility index (Phi) is 5.60. The van der Waals surface area contributed by atoms with Crippen LogP contribution in [0.15, 0.2) is 82.6 Å². The molecular formula is C22H14F3NO4S. The van der Waals surface area contributed by atoms with Crippen LogP contribution in [0.2, 0.25) is 0 Å². The van der Waals surface area contributed by atoms with Crippen molar-refractivity contribution in [3.05, 3.63) is 78.4 Å². The highest BCUT2D eigenvalue weighted by molar-refractivity contribution is 7.99. The minimum atomic E-state index is -4.83. The Hall–Kier alpha value is -3.46.